The number of rotatable bonds is 8. The fraction of sp³-hybridized carbons (Fsp3) is 0.464. The van der Waals surface area contributed by atoms with Crippen LogP contribution in [0.3, 0.4) is 0 Å². The highest BCUT2D eigenvalue weighted by Crippen LogP contribution is 2.44. The molecule has 0 radical (unpaired) electrons. The average molecular weight is 479 g/mol. The molecule has 2 amide bonds. The summed E-state index contributed by atoms with van der Waals surface area (Å²) < 4.78 is 5.67. The molecule has 7 nitrogen and oxygen atoms in total. The largest absolute Gasteiger partial charge is 0.481 e. The molecule has 2 aliphatic rings. The van der Waals surface area contributed by atoms with Crippen LogP contribution in [-0.2, 0) is 14.3 Å². The Hall–Kier alpha value is -3.35. The number of amides is 2. The number of likely N-dealkylation sites (tertiary alicyclic amines) is 1. The fourth-order valence-corrected chi connectivity index (χ4v) is 5.29. The molecule has 186 valence electrons. The Kier molecular flexibility index (Phi) is 7.73. The predicted octanol–water partition coefficient (Wildman–Crippen LogP) is 4.80. The van der Waals surface area contributed by atoms with Gasteiger partial charge in [-0.1, -0.05) is 62.4 Å². The van der Waals surface area contributed by atoms with Gasteiger partial charge in [0, 0.05) is 31.0 Å². The summed E-state index contributed by atoms with van der Waals surface area (Å²) >= 11 is 0. The number of alkyl carbamates (subject to hydrolysis) is 1. The van der Waals surface area contributed by atoms with E-state index in [0.717, 1.165) is 24.0 Å². The number of aliphatic carboxylic acids is 1. The normalized spacial score (nSPS) is 18.0. The summed E-state index contributed by atoms with van der Waals surface area (Å²) in [5.74, 6) is -1.03. The fourth-order valence-electron chi connectivity index (χ4n) is 5.29. The quantitative estimate of drug-likeness (QED) is 0.568. The van der Waals surface area contributed by atoms with E-state index in [1.54, 1.807) is 4.90 Å². The van der Waals surface area contributed by atoms with Gasteiger partial charge in [-0.3, -0.25) is 9.59 Å². The van der Waals surface area contributed by atoms with Gasteiger partial charge in [0.2, 0.25) is 5.91 Å². The number of benzene rings is 2. The molecule has 1 aliphatic carbocycles. The van der Waals surface area contributed by atoms with Gasteiger partial charge >= 0.3 is 12.1 Å². The maximum absolute atomic E-state index is 13.1. The van der Waals surface area contributed by atoms with E-state index in [1.807, 2.05) is 38.1 Å². The van der Waals surface area contributed by atoms with E-state index in [1.165, 1.54) is 11.1 Å². The number of nitrogens with zero attached hydrogens (tertiary/aromatic N) is 1. The summed E-state index contributed by atoms with van der Waals surface area (Å²) in [5, 5.41) is 12.1. The molecule has 0 aromatic heterocycles. The zero-order valence-electron chi connectivity index (χ0n) is 20.4. The van der Waals surface area contributed by atoms with Crippen molar-refractivity contribution in [1.29, 1.82) is 0 Å². The number of hydrogen-bond donors (Lipinski definition) is 2. The van der Waals surface area contributed by atoms with Crippen molar-refractivity contribution in [3.8, 4) is 11.1 Å². The van der Waals surface area contributed by atoms with Gasteiger partial charge in [-0.15, -0.1) is 0 Å². The van der Waals surface area contributed by atoms with Crippen molar-refractivity contribution in [2.24, 2.45) is 5.92 Å². The highest BCUT2D eigenvalue weighted by atomic mass is 16.5. The number of carbonyl (C=O) groups is 3. The molecular weight excluding hydrogens is 444 g/mol. The lowest BCUT2D eigenvalue weighted by Gasteiger charge is -2.36. The second-order valence-corrected chi connectivity index (χ2v) is 9.86. The van der Waals surface area contributed by atoms with E-state index < -0.39 is 18.1 Å². The van der Waals surface area contributed by atoms with Gasteiger partial charge in [0.15, 0.2) is 0 Å². The van der Waals surface area contributed by atoms with E-state index in [-0.39, 0.29) is 43.2 Å². The van der Waals surface area contributed by atoms with E-state index >= 15 is 0 Å². The molecule has 1 fully saturated rings. The van der Waals surface area contributed by atoms with Crippen LogP contribution in [0.1, 0.15) is 63.0 Å². The number of nitrogens with one attached hydrogen (secondary N) is 1. The van der Waals surface area contributed by atoms with Gasteiger partial charge in [0.25, 0.3) is 0 Å². The topological polar surface area (TPSA) is 95.9 Å². The highest BCUT2D eigenvalue weighted by Gasteiger charge is 2.32. The Morgan fingerprint density at radius 2 is 1.66 bits per heavy atom. The number of piperidine rings is 1. The van der Waals surface area contributed by atoms with Crippen LogP contribution in [0.25, 0.3) is 11.1 Å². The SMILES string of the molecule is CC(C)[C@H](CC(=O)N1CCCC[C@@H]1CC(=O)O)NC(=O)OCC1c2ccccc2-c2ccccc21. The van der Waals surface area contributed by atoms with Crippen LogP contribution in [0, 0.1) is 5.92 Å². The molecule has 1 saturated heterocycles. The van der Waals surface area contributed by atoms with E-state index in [2.05, 4.69) is 29.6 Å². The molecule has 2 N–H and O–H groups in total. The lowest BCUT2D eigenvalue weighted by atomic mass is 9.96. The van der Waals surface area contributed by atoms with E-state index in [0.29, 0.717) is 13.0 Å². The molecule has 1 aliphatic heterocycles. The first-order valence-corrected chi connectivity index (χ1v) is 12.5. The van der Waals surface area contributed by atoms with Gasteiger partial charge in [-0.25, -0.2) is 4.79 Å². The molecule has 1 heterocycles. The summed E-state index contributed by atoms with van der Waals surface area (Å²) in [7, 11) is 0. The highest BCUT2D eigenvalue weighted by molar-refractivity contribution is 5.80. The van der Waals surface area contributed by atoms with Crippen molar-refractivity contribution in [1.82, 2.24) is 10.2 Å². The van der Waals surface area contributed by atoms with Crippen molar-refractivity contribution >= 4 is 18.0 Å². The van der Waals surface area contributed by atoms with Crippen LogP contribution in [0.5, 0.6) is 0 Å². The molecule has 0 spiro atoms. The lowest BCUT2D eigenvalue weighted by Crippen LogP contribution is -2.48. The third-order valence-corrected chi connectivity index (χ3v) is 7.20. The van der Waals surface area contributed by atoms with Crippen LogP contribution in [0.2, 0.25) is 0 Å². The molecule has 2 aromatic carbocycles. The zero-order valence-corrected chi connectivity index (χ0v) is 20.4. The minimum absolute atomic E-state index is 0.0159. The Morgan fingerprint density at radius 1 is 1.03 bits per heavy atom. The second-order valence-electron chi connectivity index (χ2n) is 9.86. The molecule has 0 saturated carbocycles. The molecule has 0 unspecified atom stereocenters. The number of carboxylic acids is 1. The predicted molar refractivity (Wildman–Crippen MR) is 133 cm³/mol. The summed E-state index contributed by atoms with van der Waals surface area (Å²) in [6.07, 6.45) is 2.03. The monoisotopic (exact) mass is 478 g/mol. The molecule has 35 heavy (non-hydrogen) atoms. The summed E-state index contributed by atoms with van der Waals surface area (Å²) in [6, 6.07) is 15.7. The van der Waals surface area contributed by atoms with Crippen LogP contribution in [-0.4, -0.2) is 53.2 Å². The minimum Gasteiger partial charge on any atom is -0.481 e. The van der Waals surface area contributed by atoms with Crippen molar-refractivity contribution in [3.05, 3.63) is 59.7 Å². The smallest absolute Gasteiger partial charge is 0.407 e. The van der Waals surface area contributed by atoms with Gasteiger partial charge < -0.3 is 20.1 Å². The van der Waals surface area contributed by atoms with Crippen molar-refractivity contribution in [2.75, 3.05) is 13.2 Å². The molecule has 2 aromatic rings. The zero-order chi connectivity index (χ0) is 24.9. The number of carboxylic acid groups (broad SMARTS) is 1. The Labute approximate surface area is 206 Å². The van der Waals surface area contributed by atoms with Crippen LogP contribution >= 0.6 is 0 Å². The third-order valence-electron chi connectivity index (χ3n) is 7.20. The maximum Gasteiger partial charge on any atom is 0.407 e. The van der Waals surface area contributed by atoms with Gasteiger partial charge in [0.05, 0.1) is 6.42 Å². The number of fused-ring (bicyclic) bond motifs is 3. The van der Waals surface area contributed by atoms with Crippen LogP contribution in [0.15, 0.2) is 48.5 Å². The molecule has 4 rings (SSSR count). The summed E-state index contributed by atoms with van der Waals surface area (Å²) in [6.45, 7) is 4.68. The van der Waals surface area contributed by atoms with Crippen molar-refractivity contribution in [3.63, 3.8) is 0 Å². The first kappa shape index (κ1) is 24.8. The minimum atomic E-state index is -0.896. The van der Waals surface area contributed by atoms with Crippen molar-refractivity contribution < 1.29 is 24.2 Å². The molecular formula is C28H34N2O5. The lowest BCUT2D eigenvalue weighted by molar-refractivity contribution is -0.142. The van der Waals surface area contributed by atoms with Gasteiger partial charge in [-0.2, -0.15) is 0 Å². The van der Waals surface area contributed by atoms with Crippen molar-refractivity contribution in [2.45, 2.75) is 64.0 Å². The molecule has 7 heteroatoms. The number of carbonyl (C=O) groups excluding carboxylic acids is 2. The molecule has 0 bridgehead atoms. The maximum atomic E-state index is 13.1. The van der Waals surface area contributed by atoms with E-state index in [4.69, 9.17) is 4.74 Å². The molecule has 2 atom stereocenters. The number of ether oxygens (including phenoxy) is 1. The van der Waals surface area contributed by atoms with Gasteiger partial charge in [-0.05, 0) is 47.4 Å². The summed E-state index contributed by atoms with van der Waals surface area (Å²) in [4.78, 5) is 38.8. The second kappa shape index (κ2) is 10.9. The first-order chi connectivity index (χ1) is 16.8. The van der Waals surface area contributed by atoms with Gasteiger partial charge in [0.1, 0.15) is 6.61 Å². The Morgan fingerprint density at radius 3 is 2.26 bits per heavy atom. The van der Waals surface area contributed by atoms with Crippen LogP contribution < -0.4 is 5.32 Å². The Bertz CT molecular complexity index is 1040. The standard InChI is InChI=1S/C28H34N2O5/c1-18(2)25(16-26(31)30-14-8-7-9-19(30)15-27(32)33)29-28(34)35-17-24-22-12-5-3-10-20(22)21-11-4-6-13-23(21)24/h3-6,10-13,18-19,24-25H,7-9,14-17H2,1-2H3,(H,29,34)(H,32,33)/t19-,25+/m1/s1. The first-order valence-electron chi connectivity index (χ1n) is 12.5. The van der Waals surface area contributed by atoms with E-state index in [9.17, 15) is 19.5 Å². The summed E-state index contributed by atoms with van der Waals surface area (Å²) in [5.41, 5.74) is 4.62. The van der Waals surface area contributed by atoms with Crippen LogP contribution in [0.4, 0.5) is 4.79 Å². The number of hydrogen-bond acceptors (Lipinski definition) is 4. The average Bonchev–Trinajstić information content (AvgIpc) is 3.16. The third kappa shape index (κ3) is 5.66. The Balaban J connectivity index is 1.37.